The number of ether oxygens (including phenoxy) is 3. The smallest absolute Gasteiger partial charge is 0.496 e. The number of thioether (sulfide) groups is 1. The summed E-state index contributed by atoms with van der Waals surface area (Å²) >= 11 is 7.65. The summed E-state index contributed by atoms with van der Waals surface area (Å²) in [6.45, 7) is 0.196. The fraction of sp³-hybridized carbons (Fsp3) is 0.316. The minimum atomic E-state index is -4.76. The van der Waals surface area contributed by atoms with Crippen LogP contribution < -0.4 is 14.2 Å². The zero-order valence-corrected chi connectivity index (χ0v) is 17.0. The predicted octanol–water partition coefficient (Wildman–Crippen LogP) is 5.03. The standard InChI is InChI=1S/C19H17ClF3NO4S/c1-26-14-8-7-13(20)17(27-2)16(14)18-24(15(25)10-29-18)9-11-3-5-12(6-4-11)28-19(21,22)23/h3-8,18H,9-10H2,1-2H3. The molecule has 1 atom stereocenters. The van der Waals surface area contributed by atoms with Crippen molar-refractivity contribution in [3.05, 3.63) is 52.5 Å². The molecule has 156 valence electrons. The summed E-state index contributed by atoms with van der Waals surface area (Å²) < 4.78 is 51.7. The van der Waals surface area contributed by atoms with Gasteiger partial charge in [0, 0.05) is 6.54 Å². The highest BCUT2D eigenvalue weighted by molar-refractivity contribution is 8.00. The number of rotatable bonds is 6. The molecule has 10 heteroatoms. The van der Waals surface area contributed by atoms with Crippen molar-refractivity contribution in [3.63, 3.8) is 0 Å². The Morgan fingerprint density at radius 2 is 1.83 bits per heavy atom. The zero-order valence-electron chi connectivity index (χ0n) is 15.5. The third kappa shape index (κ3) is 4.84. The van der Waals surface area contributed by atoms with Crippen LogP contribution in [0.3, 0.4) is 0 Å². The second kappa shape index (κ2) is 8.62. The summed E-state index contributed by atoms with van der Waals surface area (Å²) in [5, 5.41) is -0.0333. The predicted molar refractivity (Wildman–Crippen MR) is 103 cm³/mol. The van der Waals surface area contributed by atoms with Gasteiger partial charge in [-0.1, -0.05) is 23.7 Å². The van der Waals surface area contributed by atoms with Gasteiger partial charge < -0.3 is 19.1 Å². The number of methoxy groups -OCH3 is 2. The molecular weight excluding hydrogens is 431 g/mol. The minimum absolute atomic E-state index is 0.111. The van der Waals surface area contributed by atoms with Crippen LogP contribution in [0.2, 0.25) is 5.02 Å². The molecule has 0 radical (unpaired) electrons. The zero-order chi connectivity index (χ0) is 21.2. The molecule has 1 saturated heterocycles. The monoisotopic (exact) mass is 447 g/mol. The van der Waals surface area contributed by atoms with Crippen LogP contribution in [0.5, 0.6) is 17.2 Å². The Hall–Kier alpha value is -2.26. The molecule has 5 nitrogen and oxygen atoms in total. The maximum atomic E-state index is 12.5. The van der Waals surface area contributed by atoms with Crippen LogP contribution in [-0.4, -0.2) is 37.1 Å². The Kier molecular flexibility index (Phi) is 6.38. The van der Waals surface area contributed by atoms with Crippen LogP contribution in [0.25, 0.3) is 0 Å². The van der Waals surface area contributed by atoms with Crippen molar-refractivity contribution in [2.75, 3.05) is 20.0 Å². The molecule has 0 bridgehead atoms. The van der Waals surface area contributed by atoms with Gasteiger partial charge in [-0.25, -0.2) is 0 Å². The highest BCUT2D eigenvalue weighted by Crippen LogP contribution is 2.49. The number of benzene rings is 2. The molecule has 1 aliphatic rings. The first-order chi connectivity index (χ1) is 13.7. The summed E-state index contributed by atoms with van der Waals surface area (Å²) in [5.74, 6) is 0.756. The van der Waals surface area contributed by atoms with E-state index < -0.39 is 11.7 Å². The third-order valence-corrected chi connectivity index (χ3v) is 5.77. The Morgan fingerprint density at radius 3 is 2.41 bits per heavy atom. The minimum Gasteiger partial charge on any atom is -0.496 e. The summed E-state index contributed by atoms with van der Waals surface area (Å²) in [5.41, 5.74) is 1.29. The third-order valence-electron chi connectivity index (χ3n) is 4.26. The van der Waals surface area contributed by atoms with Crippen molar-refractivity contribution in [2.45, 2.75) is 18.3 Å². The number of nitrogens with zero attached hydrogens (tertiary/aromatic N) is 1. The number of hydrogen-bond acceptors (Lipinski definition) is 5. The van der Waals surface area contributed by atoms with Gasteiger partial charge in [-0.2, -0.15) is 0 Å². The molecule has 3 rings (SSSR count). The van der Waals surface area contributed by atoms with Crippen molar-refractivity contribution in [1.82, 2.24) is 4.90 Å². The van der Waals surface area contributed by atoms with Crippen LogP contribution in [0.4, 0.5) is 13.2 Å². The first-order valence-electron chi connectivity index (χ1n) is 8.39. The summed E-state index contributed by atoms with van der Waals surface area (Å²) in [6, 6.07) is 8.75. The van der Waals surface area contributed by atoms with Gasteiger partial charge in [-0.15, -0.1) is 24.9 Å². The molecule has 0 saturated carbocycles. The topological polar surface area (TPSA) is 48.0 Å². The number of hydrogen-bond donors (Lipinski definition) is 0. The molecule has 1 heterocycles. The molecule has 0 aromatic heterocycles. The van der Waals surface area contributed by atoms with E-state index in [1.54, 1.807) is 17.0 Å². The van der Waals surface area contributed by atoms with E-state index in [9.17, 15) is 18.0 Å². The van der Waals surface area contributed by atoms with Gasteiger partial charge in [-0.05, 0) is 29.8 Å². The molecule has 29 heavy (non-hydrogen) atoms. The summed E-state index contributed by atoms with van der Waals surface area (Å²) in [6.07, 6.45) is -4.76. The van der Waals surface area contributed by atoms with Gasteiger partial charge in [0.1, 0.15) is 22.6 Å². The van der Waals surface area contributed by atoms with Gasteiger partial charge >= 0.3 is 6.36 Å². The molecule has 0 N–H and O–H groups in total. The molecule has 1 amide bonds. The second-order valence-corrected chi connectivity index (χ2v) is 7.55. The van der Waals surface area contributed by atoms with Crippen LogP contribution in [0.1, 0.15) is 16.5 Å². The van der Waals surface area contributed by atoms with Gasteiger partial charge in [-0.3, -0.25) is 4.79 Å². The van der Waals surface area contributed by atoms with Crippen molar-refractivity contribution in [3.8, 4) is 17.2 Å². The maximum absolute atomic E-state index is 12.5. The van der Waals surface area contributed by atoms with Gasteiger partial charge in [0.25, 0.3) is 0 Å². The van der Waals surface area contributed by atoms with Crippen LogP contribution in [0, 0.1) is 0 Å². The number of alkyl halides is 3. The second-order valence-electron chi connectivity index (χ2n) is 6.07. The molecule has 2 aromatic rings. The van der Waals surface area contributed by atoms with E-state index in [1.165, 1.54) is 50.2 Å². The van der Waals surface area contributed by atoms with E-state index in [0.29, 0.717) is 27.6 Å². The molecule has 1 unspecified atom stereocenters. The summed E-state index contributed by atoms with van der Waals surface area (Å²) in [4.78, 5) is 14.1. The Morgan fingerprint density at radius 1 is 1.14 bits per heavy atom. The van der Waals surface area contributed by atoms with E-state index >= 15 is 0 Å². The Balaban J connectivity index is 1.88. The molecule has 0 aliphatic carbocycles. The van der Waals surface area contributed by atoms with Crippen LogP contribution in [-0.2, 0) is 11.3 Å². The van der Waals surface area contributed by atoms with Crippen LogP contribution >= 0.6 is 23.4 Å². The maximum Gasteiger partial charge on any atom is 0.573 e. The van der Waals surface area contributed by atoms with E-state index in [0.717, 1.165) is 0 Å². The van der Waals surface area contributed by atoms with Crippen molar-refractivity contribution >= 4 is 29.3 Å². The molecule has 2 aromatic carbocycles. The molecule has 0 spiro atoms. The highest BCUT2D eigenvalue weighted by Gasteiger charge is 2.37. The first-order valence-corrected chi connectivity index (χ1v) is 9.82. The molecule has 1 aliphatic heterocycles. The lowest BCUT2D eigenvalue weighted by atomic mass is 10.1. The summed E-state index contributed by atoms with van der Waals surface area (Å²) in [7, 11) is 2.99. The fourth-order valence-electron chi connectivity index (χ4n) is 3.03. The lowest BCUT2D eigenvalue weighted by Crippen LogP contribution is -2.28. The quantitative estimate of drug-likeness (QED) is 0.621. The fourth-order valence-corrected chi connectivity index (χ4v) is 4.50. The average molecular weight is 448 g/mol. The largest absolute Gasteiger partial charge is 0.573 e. The first kappa shape index (κ1) is 21.4. The van der Waals surface area contributed by atoms with E-state index in [4.69, 9.17) is 21.1 Å². The lowest BCUT2D eigenvalue weighted by molar-refractivity contribution is -0.274. The lowest BCUT2D eigenvalue weighted by Gasteiger charge is -2.27. The highest BCUT2D eigenvalue weighted by atomic mass is 35.5. The van der Waals surface area contributed by atoms with Gasteiger partial charge in [0.05, 0.1) is 30.6 Å². The van der Waals surface area contributed by atoms with Crippen molar-refractivity contribution in [1.29, 1.82) is 0 Å². The Bertz CT molecular complexity index is 892. The molecule has 1 fully saturated rings. The number of carbonyl (C=O) groups excluding carboxylic acids is 1. The number of halogens is 4. The molecular formula is C19H17ClF3NO4S. The van der Waals surface area contributed by atoms with E-state index in [2.05, 4.69) is 4.74 Å². The van der Waals surface area contributed by atoms with Crippen molar-refractivity contribution < 1.29 is 32.2 Å². The SMILES string of the molecule is COc1ccc(Cl)c(OC)c1C1SCC(=O)N1Cc1ccc(OC(F)(F)F)cc1. The number of carbonyl (C=O) groups is 1. The van der Waals surface area contributed by atoms with Crippen LogP contribution in [0.15, 0.2) is 36.4 Å². The average Bonchev–Trinajstić information content (AvgIpc) is 3.02. The number of amides is 1. The van der Waals surface area contributed by atoms with Gasteiger partial charge in [0.2, 0.25) is 5.91 Å². The van der Waals surface area contributed by atoms with Gasteiger partial charge in [0.15, 0.2) is 0 Å². The Labute approximate surface area is 174 Å². The van der Waals surface area contributed by atoms with E-state index in [1.807, 2.05) is 0 Å². The normalized spacial score (nSPS) is 16.8. The van der Waals surface area contributed by atoms with E-state index in [-0.39, 0.29) is 24.0 Å². The van der Waals surface area contributed by atoms with Crippen molar-refractivity contribution in [2.24, 2.45) is 0 Å².